The van der Waals surface area contributed by atoms with E-state index in [-0.39, 0.29) is 18.2 Å². The van der Waals surface area contributed by atoms with Crippen molar-refractivity contribution in [2.45, 2.75) is 31.9 Å². The number of aromatic nitrogens is 5. The summed E-state index contributed by atoms with van der Waals surface area (Å²) in [6.07, 6.45) is 2.32. The van der Waals surface area contributed by atoms with Crippen molar-refractivity contribution in [3.63, 3.8) is 0 Å². The lowest BCUT2D eigenvalue weighted by atomic mass is 10.1. The fraction of sp³-hybridized carbons (Fsp3) is 0.409. The molecule has 10 heteroatoms. The van der Waals surface area contributed by atoms with Crippen LogP contribution in [-0.2, 0) is 20.6 Å². The summed E-state index contributed by atoms with van der Waals surface area (Å²) in [5.41, 5.74) is 1.20. The Morgan fingerprint density at radius 2 is 1.94 bits per heavy atom. The van der Waals surface area contributed by atoms with Crippen molar-refractivity contribution < 1.29 is 13.5 Å². The number of anilines is 1. The molecule has 0 aliphatic carbocycles. The molecule has 1 aromatic carbocycles. The molecule has 0 saturated carbocycles. The summed E-state index contributed by atoms with van der Waals surface area (Å²) in [7, 11) is 3.50. The number of hydrogen-bond acceptors (Lipinski definition) is 5. The Hall–Kier alpha value is -3.43. The number of halogens is 2. The van der Waals surface area contributed by atoms with Crippen LogP contribution in [0.5, 0.6) is 5.75 Å². The minimum absolute atomic E-state index is 0.00670. The van der Waals surface area contributed by atoms with Gasteiger partial charge in [-0.15, -0.1) is 0 Å². The quantitative estimate of drug-likeness (QED) is 0.475. The zero-order valence-electron chi connectivity index (χ0n) is 17.9. The normalized spacial score (nSPS) is 15.3. The van der Waals surface area contributed by atoms with Crippen molar-refractivity contribution in [3.05, 3.63) is 47.0 Å². The van der Waals surface area contributed by atoms with Gasteiger partial charge in [0, 0.05) is 51.6 Å². The van der Waals surface area contributed by atoms with Gasteiger partial charge in [-0.3, -0.25) is 14.0 Å². The summed E-state index contributed by atoms with van der Waals surface area (Å²) in [4.78, 5) is 19.4. The minimum Gasteiger partial charge on any atom is -0.490 e. The number of nitrogens with zero attached hydrogens (tertiary/aromatic N) is 6. The Morgan fingerprint density at radius 3 is 2.69 bits per heavy atom. The smallest absolute Gasteiger partial charge is 0.265 e. The highest BCUT2D eigenvalue weighted by Gasteiger charge is 2.25. The van der Waals surface area contributed by atoms with Crippen LogP contribution >= 0.6 is 0 Å². The van der Waals surface area contributed by atoms with Gasteiger partial charge in [0.1, 0.15) is 17.2 Å². The van der Waals surface area contributed by atoms with Crippen LogP contribution < -0.4 is 15.2 Å². The molecule has 5 rings (SSSR count). The van der Waals surface area contributed by atoms with Gasteiger partial charge in [0.2, 0.25) is 5.95 Å². The molecule has 1 saturated heterocycles. The maximum Gasteiger partial charge on any atom is 0.265 e. The molecule has 1 aliphatic heterocycles. The van der Waals surface area contributed by atoms with Crippen molar-refractivity contribution >= 4 is 27.9 Å². The number of rotatable bonds is 5. The van der Waals surface area contributed by atoms with Crippen LogP contribution in [0.4, 0.5) is 14.7 Å². The zero-order chi connectivity index (χ0) is 22.4. The van der Waals surface area contributed by atoms with E-state index in [9.17, 15) is 13.6 Å². The number of piperidine rings is 1. The van der Waals surface area contributed by atoms with E-state index in [0.717, 1.165) is 23.7 Å². The van der Waals surface area contributed by atoms with Gasteiger partial charge in [0.05, 0.1) is 18.3 Å². The van der Waals surface area contributed by atoms with Crippen LogP contribution in [0.2, 0.25) is 0 Å². The maximum absolute atomic E-state index is 12.8. The molecule has 0 atom stereocenters. The summed E-state index contributed by atoms with van der Waals surface area (Å²) in [6.45, 7) is 1.05. The molecule has 0 N–H and O–H groups in total. The van der Waals surface area contributed by atoms with Gasteiger partial charge < -0.3 is 14.2 Å². The summed E-state index contributed by atoms with van der Waals surface area (Å²) < 4.78 is 36.7. The number of hydrogen-bond donors (Lipinski definition) is 0. The van der Waals surface area contributed by atoms with E-state index >= 15 is 0 Å². The molecule has 4 heterocycles. The average Bonchev–Trinajstić information content (AvgIpc) is 3.35. The van der Waals surface area contributed by atoms with Gasteiger partial charge in [-0.2, -0.15) is 10.1 Å². The van der Waals surface area contributed by atoms with Crippen LogP contribution in [0.15, 0.2) is 41.5 Å². The third-order valence-electron chi connectivity index (χ3n) is 6.08. The number of aryl methyl sites for hydroxylation is 1. The molecule has 1 aliphatic rings. The Morgan fingerprint density at radius 1 is 1.16 bits per heavy atom. The standard InChI is InChI=1S/C22H24F2N6O2/c1-27-21(31)16-12-25-28(2)20(16)26-22(27)29-9-6-14(7-10-29)32-18-5-3-4-17-15(18)8-11-30(17)13-19(23)24/h3-5,8,11-12,14,19H,6-7,9-10,13H2,1-2H3. The highest BCUT2D eigenvalue weighted by molar-refractivity contribution is 5.86. The van der Waals surface area contributed by atoms with E-state index < -0.39 is 6.43 Å². The molecule has 0 radical (unpaired) electrons. The third-order valence-corrected chi connectivity index (χ3v) is 6.08. The predicted molar refractivity (Wildman–Crippen MR) is 118 cm³/mol. The minimum atomic E-state index is -2.41. The van der Waals surface area contributed by atoms with E-state index in [1.165, 1.54) is 0 Å². The lowest BCUT2D eigenvalue weighted by molar-refractivity contribution is 0.128. The highest BCUT2D eigenvalue weighted by atomic mass is 19.3. The molecule has 0 amide bonds. The molecular formula is C22H24F2N6O2. The van der Waals surface area contributed by atoms with Gasteiger partial charge in [-0.05, 0) is 18.2 Å². The van der Waals surface area contributed by atoms with Crippen LogP contribution in [0, 0.1) is 0 Å². The van der Waals surface area contributed by atoms with Gasteiger partial charge >= 0.3 is 0 Å². The van der Waals surface area contributed by atoms with Crippen LogP contribution in [-0.4, -0.2) is 49.5 Å². The van der Waals surface area contributed by atoms with Crippen molar-refractivity contribution in [1.82, 2.24) is 23.9 Å². The Labute approximate surface area is 182 Å². The first kappa shape index (κ1) is 20.5. The second-order valence-electron chi connectivity index (χ2n) is 8.13. The van der Waals surface area contributed by atoms with Crippen molar-refractivity contribution in [2.24, 2.45) is 14.1 Å². The molecule has 1 fully saturated rings. The van der Waals surface area contributed by atoms with Crippen LogP contribution in [0.25, 0.3) is 21.9 Å². The lowest BCUT2D eigenvalue weighted by Crippen LogP contribution is -2.41. The van der Waals surface area contributed by atoms with E-state index in [4.69, 9.17) is 4.74 Å². The molecule has 168 valence electrons. The van der Waals surface area contributed by atoms with Gasteiger partial charge in [-0.25, -0.2) is 8.78 Å². The van der Waals surface area contributed by atoms with Gasteiger partial charge in [-0.1, -0.05) is 6.07 Å². The van der Waals surface area contributed by atoms with Crippen molar-refractivity contribution in [1.29, 1.82) is 0 Å². The molecule has 32 heavy (non-hydrogen) atoms. The van der Waals surface area contributed by atoms with E-state index in [0.29, 0.717) is 35.8 Å². The first-order valence-electron chi connectivity index (χ1n) is 10.6. The first-order valence-corrected chi connectivity index (χ1v) is 10.6. The Bertz CT molecular complexity index is 1330. The largest absolute Gasteiger partial charge is 0.490 e. The lowest BCUT2D eigenvalue weighted by Gasteiger charge is -2.33. The number of fused-ring (bicyclic) bond motifs is 2. The topological polar surface area (TPSA) is 70.1 Å². The summed E-state index contributed by atoms with van der Waals surface area (Å²) in [6, 6.07) is 7.36. The monoisotopic (exact) mass is 442 g/mol. The third kappa shape index (κ3) is 3.49. The van der Waals surface area contributed by atoms with E-state index in [2.05, 4.69) is 15.0 Å². The van der Waals surface area contributed by atoms with Gasteiger partial charge in [0.25, 0.3) is 12.0 Å². The molecular weight excluding hydrogens is 418 g/mol. The summed E-state index contributed by atoms with van der Waals surface area (Å²) >= 11 is 0. The number of alkyl halides is 2. The SMILES string of the molecule is Cn1c(N2CCC(Oc3cccc4c3ccn4CC(F)F)CC2)nc2c(cnn2C)c1=O. The Balaban J connectivity index is 1.32. The second-order valence-corrected chi connectivity index (χ2v) is 8.13. The molecule has 8 nitrogen and oxygen atoms in total. The maximum atomic E-state index is 12.8. The molecule has 3 aromatic heterocycles. The zero-order valence-corrected chi connectivity index (χ0v) is 17.9. The first-order chi connectivity index (χ1) is 15.4. The Kier molecular flexibility index (Phi) is 5.07. The fourth-order valence-electron chi connectivity index (χ4n) is 4.40. The van der Waals surface area contributed by atoms with Crippen molar-refractivity contribution in [3.8, 4) is 5.75 Å². The highest BCUT2D eigenvalue weighted by Crippen LogP contribution is 2.30. The van der Waals surface area contributed by atoms with Gasteiger partial charge in [0.15, 0.2) is 5.65 Å². The average molecular weight is 442 g/mol. The van der Waals surface area contributed by atoms with E-state index in [1.54, 1.807) is 40.3 Å². The second kappa shape index (κ2) is 7.92. The number of benzene rings is 1. The molecule has 4 aromatic rings. The van der Waals surface area contributed by atoms with Crippen molar-refractivity contribution in [2.75, 3.05) is 18.0 Å². The molecule has 0 spiro atoms. The number of ether oxygens (including phenoxy) is 1. The summed E-state index contributed by atoms with van der Waals surface area (Å²) in [5, 5.41) is 5.48. The predicted octanol–water partition coefficient (Wildman–Crippen LogP) is 2.93. The fourth-order valence-corrected chi connectivity index (χ4v) is 4.40. The molecule has 0 unspecified atom stereocenters. The van der Waals surface area contributed by atoms with Crippen LogP contribution in [0.3, 0.4) is 0 Å². The van der Waals surface area contributed by atoms with E-state index in [1.807, 2.05) is 24.3 Å². The summed E-state index contributed by atoms with van der Waals surface area (Å²) in [5.74, 6) is 1.33. The molecule has 0 bridgehead atoms. The van der Waals surface area contributed by atoms with Crippen LogP contribution in [0.1, 0.15) is 12.8 Å².